The molecule has 1 aromatic heterocycles. The summed E-state index contributed by atoms with van der Waals surface area (Å²) in [4.78, 5) is 7.18. The maximum atomic E-state index is 4.51. The third-order valence-electron chi connectivity index (χ3n) is 4.25. The van der Waals surface area contributed by atoms with Crippen LogP contribution in [0.15, 0.2) is 12.3 Å². The van der Waals surface area contributed by atoms with Crippen LogP contribution in [-0.2, 0) is 6.54 Å². The molecule has 20 heavy (non-hydrogen) atoms. The summed E-state index contributed by atoms with van der Waals surface area (Å²) in [6.07, 6.45) is 7.65. The second-order valence-corrected chi connectivity index (χ2v) is 6.82. The lowest BCUT2D eigenvalue weighted by atomic mass is 10.1. The first-order valence-electron chi connectivity index (χ1n) is 8.09. The van der Waals surface area contributed by atoms with Gasteiger partial charge in [-0.25, -0.2) is 0 Å². The van der Waals surface area contributed by atoms with Crippen molar-refractivity contribution in [2.45, 2.75) is 65.1 Å². The summed E-state index contributed by atoms with van der Waals surface area (Å²) >= 11 is 0. The van der Waals surface area contributed by atoms with E-state index in [2.05, 4.69) is 48.2 Å². The fourth-order valence-corrected chi connectivity index (χ4v) is 2.70. The molecule has 2 saturated carbocycles. The molecule has 0 unspecified atom stereocenters. The van der Waals surface area contributed by atoms with Gasteiger partial charge >= 0.3 is 0 Å². The summed E-state index contributed by atoms with van der Waals surface area (Å²) in [5, 5.41) is 3.54. The average molecular weight is 273 g/mol. The van der Waals surface area contributed by atoms with E-state index in [1.165, 1.54) is 43.5 Å². The van der Waals surface area contributed by atoms with E-state index in [0.717, 1.165) is 24.2 Å². The SMILES string of the molecule is Cc1cc(N(CC2CC2)C2CC2)c(CNC(C)C)cn1. The number of nitrogens with zero attached hydrogens (tertiary/aromatic N) is 2. The number of anilines is 1. The Morgan fingerprint density at radius 2 is 2.05 bits per heavy atom. The van der Waals surface area contributed by atoms with Crippen molar-refractivity contribution in [1.29, 1.82) is 0 Å². The molecule has 1 aromatic rings. The van der Waals surface area contributed by atoms with Gasteiger partial charge < -0.3 is 10.2 Å². The van der Waals surface area contributed by atoms with Crippen molar-refractivity contribution in [2.75, 3.05) is 11.4 Å². The molecule has 0 radical (unpaired) electrons. The van der Waals surface area contributed by atoms with Crippen molar-refractivity contribution in [3.8, 4) is 0 Å². The highest BCUT2D eigenvalue weighted by molar-refractivity contribution is 5.55. The number of pyridine rings is 1. The molecule has 3 heteroatoms. The number of aryl methyl sites for hydroxylation is 1. The number of hydrogen-bond acceptors (Lipinski definition) is 3. The van der Waals surface area contributed by atoms with Gasteiger partial charge in [-0.2, -0.15) is 0 Å². The van der Waals surface area contributed by atoms with Crippen LogP contribution in [0.25, 0.3) is 0 Å². The molecule has 2 fully saturated rings. The van der Waals surface area contributed by atoms with E-state index in [4.69, 9.17) is 0 Å². The number of rotatable bonds is 7. The van der Waals surface area contributed by atoms with Crippen molar-refractivity contribution in [3.05, 3.63) is 23.5 Å². The van der Waals surface area contributed by atoms with Crippen LogP contribution in [0.3, 0.4) is 0 Å². The van der Waals surface area contributed by atoms with Crippen LogP contribution in [0.2, 0.25) is 0 Å². The average Bonchev–Trinajstić information content (AvgIpc) is 3.25. The molecule has 110 valence electrons. The second kappa shape index (κ2) is 5.72. The van der Waals surface area contributed by atoms with E-state index < -0.39 is 0 Å². The Labute approximate surface area is 122 Å². The first kappa shape index (κ1) is 13.9. The van der Waals surface area contributed by atoms with Crippen molar-refractivity contribution in [2.24, 2.45) is 5.92 Å². The number of aromatic nitrogens is 1. The van der Waals surface area contributed by atoms with E-state index in [9.17, 15) is 0 Å². The van der Waals surface area contributed by atoms with Gasteiger partial charge in [-0.05, 0) is 44.6 Å². The van der Waals surface area contributed by atoms with Crippen LogP contribution in [0.5, 0.6) is 0 Å². The second-order valence-electron chi connectivity index (χ2n) is 6.82. The van der Waals surface area contributed by atoms with Crippen LogP contribution in [0.4, 0.5) is 5.69 Å². The van der Waals surface area contributed by atoms with Crippen LogP contribution in [0, 0.1) is 12.8 Å². The predicted octanol–water partition coefficient (Wildman–Crippen LogP) is 3.27. The monoisotopic (exact) mass is 273 g/mol. The predicted molar refractivity (Wildman–Crippen MR) is 84.0 cm³/mol. The van der Waals surface area contributed by atoms with Crippen LogP contribution in [0.1, 0.15) is 50.8 Å². The molecular weight excluding hydrogens is 246 g/mol. The smallest absolute Gasteiger partial charge is 0.0448 e. The maximum Gasteiger partial charge on any atom is 0.0448 e. The normalized spacial score (nSPS) is 18.6. The zero-order chi connectivity index (χ0) is 14.1. The highest BCUT2D eigenvalue weighted by Gasteiger charge is 2.34. The van der Waals surface area contributed by atoms with E-state index in [-0.39, 0.29) is 0 Å². The van der Waals surface area contributed by atoms with Crippen LogP contribution in [-0.4, -0.2) is 23.6 Å². The van der Waals surface area contributed by atoms with Gasteiger partial charge in [0, 0.05) is 48.3 Å². The van der Waals surface area contributed by atoms with Crippen molar-refractivity contribution in [1.82, 2.24) is 10.3 Å². The minimum absolute atomic E-state index is 0.516. The standard InChI is InChI=1S/C17H27N3/c1-12(2)18-9-15-10-19-13(3)8-17(15)20(16-6-7-16)11-14-4-5-14/h8,10,12,14,16,18H,4-7,9,11H2,1-3H3. The molecule has 1 N–H and O–H groups in total. The lowest BCUT2D eigenvalue weighted by Crippen LogP contribution is -2.31. The van der Waals surface area contributed by atoms with Gasteiger partial charge in [0.25, 0.3) is 0 Å². The molecule has 0 bridgehead atoms. The summed E-state index contributed by atoms with van der Waals surface area (Å²) in [5.41, 5.74) is 3.92. The van der Waals surface area contributed by atoms with E-state index in [1.807, 2.05) is 0 Å². The molecular formula is C17H27N3. The van der Waals surface area contributed by atoms with Gasteiger partial charge in [-0.1, -0.05) is 13.8 Å². The van der Waals surface area contributed by atoms with Crippen molar-refractivity contribution < 1.29 is 0 Å². The summed E-state index contributed by atoms with van der Waals surface area (Å²) in [6, 6.07) is 3.59. The molecule has 2 aliphatic carbocycles. The maximum absolute atomic E-state index is 4.51. The van der Waals surface area contributed by atoms with Gasteiger partial charge in [0.15, 0.2) is 0 Å². The van der Waals surface area contributed by atoms with Crippen LogP contribution < -0.4 is 10.2 Å². The number of nitrogens with one attached hydrogen (secondary N) is 1. The fourth-order valence-electron chi connectivity index (χ4n) is 2.70. The molecule has 2 aliphatic rings. The Bertz CT molecular complexity index is 461. The lowest BCUT2D eigenvalue weighted by molar-refractivity contribution is 0.585. The topological polar surface area (TPSA) is 28.2 Å². The minimum atomic E-state index is 0.516. The highest BCUT2D eigenvalue weighted by atomic mass is 15.2. The molecule has 0 aliphatic heterocycles. The highest BCUT2D eigenvalue weighted by Crippen LogP contribution is 2.38. The zero-order valence-electron chi connectivity index (χ0n) is 13.0. The zero-order valence-corrected chi connectivity index (χ0v) is 13.0. The quantitative estimate of drug-likeness (QED) is 0.826. The van der Waals surface area contributed by atoms with Crippen LogP contribution >= 0.6 is 0 Å². The Morgan fingerprint density at radius 1 is 1.30 bits per heavy atom. The van der Waals surface area contributed by atoms with Gasteiger partial charge in [0.05, 0.1) is 0 Å². The summed E-state index contributed by atoms with van der Waals surface area (Å²) in [5.74, 6) is 0.940. The first-order valence-corrected chi connectivity index (χ1v) is 8.09. The van der Waals surface area contributed by atoms with Gasteiger partial charge in [0.1, 0.15) is 0 Å². The first-order chi connectivity index (χ1) is 9.63. The molecule has 1 heterocycles. The van der Waals surface area contributed by atoms with Crippen molar-refractivity contribution >= 4 is 5.69 Å². The number of hydrogen-bond donors (Lipinski definition) is 1. The molecule has 3 rings (SSSR count). The third-order valence-corrected chi connectivity index (χ3v) is 4.25. The van der Waals surface area contributed by atoms with E-state index in [1.54, 1.807) is 0 Å². The largest absolute Gasteiger partial charge is 0.368 e. The Hall–Kier alpha value is -1.09. The summed E-state index contributed by atoms with van der Waals surface area (Å²) in [6.45, 7) is 8.68. The molecule has 0 aromatic carbocycles. The van der Waals surface area contributed by atoms with E-state index >= 15 is 0 Å². The van der Waals surface area contributed by atoms with Gasteiger partial charge in [0.2, 0.25) is 0 Å². The summed E-state index contributed by atoms with van der Waals surface area (Å²) in [7, 11) is 0. The molecule has 0 spiro atoms. The van der Waals surface area contributed by atoms with E-state index in [0.29, 0.717) is 6.04 Å². The van der Waals surface area contributed by atoms with Gasteiger partial charge in [-0.15, -0.1) is 0 Å². The lowest BCUT2D eigenvalue weighted by Gasteiger charge is -2.28. The van der Waals surface area contributed by atoms with Crippen molar-refractivity contribution in [3.63, 3.8) is 0 Å². The summed E-state index contributed by atoms with van der Waals surface area (Å²) < 4.78 is 0. The molecule has 0 amide bonds. The molecule has 0 saturated heterocycles. The Kier molecular flexibility index (Phi) is 3.97. The van der Waals surface area contributed by atoms with Gasteiger partial charge in [-0.3, -0.25) is 4.98 Å². The molecule has 3 nitrogen and oxygen atoms in total. The third kappa shape index (κ3) is 3.51. The Morgan fingerprint density at radius 3 is 2.65 bits per heavy atom. The Balaban J connectivity index is 1.81. The molecule has 0 atom stereocenters. The fraction of sp³-hybridized carbons (Fsp3) is 0.706. The minimum Gasteiger partial charge on any atom is -0.368 e.